The van der Waals surface area contributed by atoms with E-state index in [9.17, 15) is 5.11 Å². The fraction of sp³-hybridized carbons (Fsp3) is 0.538. The van der Waals surface area contributed by atoms with E-state index < -0.39 is 5.60 Å². The number of ether oxygens (including phenoxy) is 1. The summed E-state index contributed by atoms with van der Waals surface area (Å²) in [4.78, 5) is 0. The fourth-order valence-electron chi connectivity index (χ4n) is 2.13. The Morgan fingerprint density at radius 1 is 1.50 bits per heavy atom. The summed E-state index contributed by atoms with van der Waals surface area (Å²) in [6, 6.07) is 5.95. The van der Waals surface area contributed by atoms with Crippen LogP contribution in [-0.4, -0.2) is 23.9 Å². The third-order valence-corrected chi connectivity index (χ3v) is 3.38. The molecule has 0 aromatic heterocycles. The monoisotopic (exact) mass is 240 g/mol. The Balaban J connectivity index is 2.13. The maximum atomic E-state index is 10.3. The molecule has 1 saturated heterocycles. The number of rotatable bonds is 2. The van der Waals surface area contributed by atoms with Crippen LogP contribution in [0.2, 0.25) is 5.02 Å². The van der Waals surface area contributed by atoms with Crippen LogP contribution >= 0.6 is 11.6 Å². The van der Waals surface area contributed by atoms with E-state index in [1.165, 1.54) is 0 Å². The molecule has 2 rings (SSSR count). The minimum absolute atomic E-state index is 0.414. The lowest BCUT2D eigenvalue weighted by atomic mass is 9.89. The largest absolute Gasteiger partial charge is 0.387 e. The molecule has 2 nitrogen and oxygen atoms in total. The number of aliphatic hydroxyl groups is 1. The quantitative estimate of drug-likeness (QED) is 0.862. The van der Waals surface area contributed by atoms with Crippen molar-refractivity contribution in [3.63, 3.8) is 0 Å². The molecule has 1 aliphatic heterocycles. The lowest BCUT2D eigenvalue weighted by Gasteiger charge is -2.32. The van der Waals surface area contributed by atoms with Crippen molar-refractivity contribution in [3.05, 3.63) is 34.3 Å². The number of halogens is 1. The van der Waals surface area contributed by atoms with E-state index in [1.54, 1.807) is 0 Å². The van der Waals surface area contributed by atoms with Gasteiger partial charge >= 0.3 is 0 Å². The molecule has 0 aliphatic carbocycles. The number of hydrogen-bond donors (Lipinski definition) is 1. The van der Waals surface area contributed by atoms with Gasteiger partial charge in [0.15, 0.2) is 0 Å². The zero-order valence-electron chi connectivity index (χ0n) is 9.50. The third-order valence-electron chi connectivity index (χ3n) is 3.03. The fourth-order valence-corrected chi connectivity index (χ4v) is 2.43. The van der Waals surface area contributed by atoms with Crippen LogP contribution in [0.5, 0.6) is 0 Å². The first-order chi connectivity index (χ1) is 7.59. The van der Waals surface area contributed by atoms with E-state index >= 15 is 0 Å². The van der Waals surface area contributed by atoms with Gasteiger partial charge in [-0.25, -0.2) is 0 Å². The molecule has 88 valence electrons. The van der Waals surface area contributed by atoms with Gasteiger partial charge in [0.2, 0.25) is 0 Å². The predicted octanol–water partition coefficient (Wildman–Crippen LogP) is 2.73. The summed E-state index contributed by atoms with van der Waals surface area (Å²) in [6.07, 6.45) is 2.28. The summed E-state index contributed by atoms with van der Waals surface area (Å²) in [5.74, 6) is 0. The maximum Gasteiger partial charge on any atom is 0.0921 e. The van der Waals surface area contributed by atoms with Gasteiger partial charge in [-0.05, 0) is 37.0 Å². The van der Waals surface area contributed by atoms with Gasteiger partial charge in [-0.1, -0.05) is 23.7 Å². The van der Waals surface area contributed by atoms with Crippen LogP contribution in [0.15, 0.2) is 18.2 Å². The van der Waals surface area contributed by atoms with Gasteiger partial charge in [0.1, 0.15) is 0 Å². The summed E-state index contributed by atoms with van der Waals surface area (Å²) in [5, 5.41) is 11.1. The van der Waals surface area contributed by atoms with Crippen LogP contribution in [0, 0.1) is 6.92 Å². The van der Waals surface area contributed by atoms with Gasteiger partial charge in [-0.2, -0.15) is 0 Å². The average molecular weight is 241 g/mol. The van der Waals surface area contributed by atoms with Crippen LogP contribution in [-0.2, 0) is 11.2 Å². The molecule has 0 amide bonds. The molecule has 1 heterocycles. The third kappa shape index (κ3) is 2.76. The van der Waals surface area contributed by atoms with Crippen LogP contribution in [0.4, 0.5) is 0 Å². The molecular weight excluding hydrogens is 224 g/mol. The van der Waals surface area contributed by atoms with Gasteiger partial charge in [0.05, 0.1) is 12.2 Å². The van der Waals surface area contributed by atoms with Crippen molar-refractivity contribution in [2.75, 3.05) is 13.2 Å². The SMILES string of the molecule is Cc1ccc(CC2(O)CCCOC2)c(Cl)c1. The van der Waals surface area contributed by atoms with E-state index in [1.807, 2.05) is 25.1 Å². The van der Waals surface area contributed by atoms with Crippen molar-refractivity contribution in [2.24, 2.45) is 0 Å². The summed E-state index contributed by atoms with van der Waals surface area (Å²) < 4.78 is 5.33. The highest BCUT2D eigenvalue weighted by molar-refractivity contribution is 6.31. The summed E-state index contributed by atoms with van der Waals surface area (Å²) in [6.45, 7) is 3.18. The number of hydrogen-bond acceptors (Lipinski definition) is 2. The second kappa shape index (κ2) is 4.74. The van der Waals surface area contributed by atoms with Crippen molar-refractivity contribution in [1.29, 1.82) is 0 Å². The molecule has 16 heavy (non-hydrogen) atoms. The van der Waals surface area contributed by atoms with Gasteiger partial charge in [0.25, 0.3) is 0 Å². The Hall–Kier alpha value is -0.570. The lowest BCUT2D eigenvalue weighted by Crippen LogP contribution is -2.40. The van der Waals surface area contributed by atoms with Crippen LogP contribution in [0.1, 0.15) is 24.0 Å². The minimum Gasteiger partial charge on any atom is -0.387 e. The van der Waals surface area contributed by atoms with Crippen molar-refractivity contribution in [1.82, 2.24) is 0 Å². The molecule has 3 heteroatoms. The topological polar surface area (TPSA) is 29.5 Å². The van der Waals surface area contributed by atoms with Gasteiger partial charge in [-0.3, -0.25) is 0 Å². The van der Waals surface area contributed by atoms with Gasteiger partial charge in [-0.15, -0.1) is 0 Å². The number of aryl methyl sites for hydroxylation is 1. The molecule has 1 aliphatic rings. The summed E-state index contributed by atoms with van der Waals surface area (Å²) in [5.41, 5.74) is 1.40. The first kappa shape index (κ1) is 11.9. The van der Waals surface area contributed by atoms with Crippen LogP contribution in [0.25, 0.3) is 0 Å². The molecule has 1 aromatic carbocycles. The van der Waals surface area contributed by atoms with E-state index in [4.69, 9.17) is 16.3 Å². The van der Waals surface area contributed by atoms with Crippen molar-refractivity contribution < 1.29 is 9.84 Å². The first-order valence-corrected chi connectivity index (χ1v) is 6.02. The smallest absolute Gasteiger partial charge is 0.0921 e. The van der Waals surface area contributed by atoms with Crippen molar-refractivity contribution >= 4 is 11.6 Å². The maximum absolute atomic E-state index is 10.3. The van der Waals surface area contributed by atoms with E-state index in [0.29, 0.717) is 13.0 Å². The van der Waals surface area contributed by atoms with E-state index in [-0.39, 0.29) is 0 Å². The molecular formula is C13H17ClO2. The highest BCUT2D eigenvalue weighted by Crippen LogP contribution is 2.27. The molecule has 0 spiro atoms. The van der Waals surface area contributed by atoms with Gasteiger partial charge in [0, 0.05) is 18.1 Å². The highest BCUT2D eigenvalue weighted by Gasteiger charge is 2.30. The normalized spacial score (nSPS) is 25.7. The predicted molar refractivity (Wildman–Crippen MR) is 64.9 cm³/mol. The zero-order chi connectivity index (χ0) is 11.6. The molecule has 1 unspecified atom stereocenters. The van der Waals surface area contributed by atoms with Crippen molar-refractivity contribution in [3.8, 4) is 0 Å². The Morgan fingerprint density at radius 3 is 2.94 bits per heavy atom. The van der Waals surface area contributed by atoms with Crippen LogP contribution in [0.3, 0.4) is 0 Å². The molecule has 0 bridgehead atoms. The first-order valence-electron chi connectivity index (χ1n) is 5.64. The van der Waals surface area contributed by atoms with E-state index in [2.05, 4.69) is 0 Å². The lowest BCUT2D eigenvalue weighted by molar-refractivity contribution is -0.0844. The van der Waals surface area contributed by atoms with Crippen LogP contribution < -0.4 is 0 Å². The average Bonchev–Trinajstić information content (AvgIpc) is 2.23. The Bertz CT molecular complexity index is 370. The highest BCUT2D eigenvalue weighted by atomic mass is 35.5. The molecule has 1 fully saturated rings. The van der Waals surface area contributed by atoms with Gasteiger partial charge < -0.3 is 9.84 Å². The second-order valence-electron chi connectivity index (χ2n) is 4.65. The molecule has 1 atom stereocenters. The summed E-state index contributed by atoms with van der Waals surface area (Å²) >= 11 is 6.16. The van der Waals surface area contributed by atoms with Crippen molar-refractivity contribution in [2.45, 2.75) is 31.8 Å². The Kier molecular flexibility index (Phi) is 3.53. The van der Waals surface area contributed by atoms with E-state index in [0.717, 1.165) is 35.6 Å². The Morgan fingerprint density at radius 2 is 2.31 bits per heavy atom. The molecule has 0 saturated carbocycles. The Labute approximate surface area is 101 Å². The minimum atomic E-state index is -0.739. The second-order valence-corrected chi connectivity index (χ2v) is 5.06. The standard InChI is InChI=1S/C13H17ClO2/c1-10-3-4-11(12(14)7-10)8-13(15)5-2-6-16-9-13/h3-4,7,15H,2,5-6,8-9H2,1H3. The number of benzene rings is 1. The molecule has 1 N–H and O–H groups in total. The zero-order valence-corrected chi connectivity index (χ0v) is 10.3. The molecule has 0 radical (unpaired) electrons. The summed E-state index contributed by atoms with van der Waals surface area (Å²) in [7, 11) is 0. The molecule has 1 aromatic rings.